The van der Waals surface area contributed by atoms with E-state index in [9.17, 15) is 4.79 Å². The van der Waals surface area contributed by atoms with Gasteiger partial charge in [0.2, 0.25) is 0 Å². The Kier molecular flexibility index (Phi) is 5.42. The predicted octanol–water partition coefficient (Wildman–Crippen LogP) is 5.37. The molecule has 0 aromatic heterocycles. The normalized spacial score (nSPS) is 19.4. The molecule has 2 rings (SSSR count). The van der Waals surface area contributed by atoms with E-state index in [1.165, 1.54) is 18.1 Å². The molecule has 0 spiro atoms. The molecule has 1 aromatic carbocycles. The Morgan fingerprint density at radius 2 is 1.88 bits per heavy atom. The van der Waals surface area contributed by atoms with Crippen molar-refractivity contribution >= 4 is 5.97 Å². The second kappa shape index (κ2) is 7.00. The van der Waals surface area contributed by atoms with Gasteiger partial charge in [0.1, 0.15) is 17.1 Å². The first kappa shape index (κ1) is 18.6. The monoisotopic (exact) mass is 330 g/mol. The van der Waals surface area contributed by atoms with Crippen molar-refractivity contribution in [2.75, 3.05) is 0 Å². The summed E-state index contributed by atoms with van der Waals surface area (Å²) in [4.78, 5) is 11.4. The summed E-state index contributed by atoms with van der Waals surface area (Å²) in [5.74, 6) is 1.42. The molecule has 3 heteroatoms. The average Bonchev–Trinajstić information content (AvgIpc) is 2.48. The number of carbonyl (C=O) groups excluding carboxylic acids is 1. The summed E-state index contributed by atoms with van der Waals surface area (Å²) in [6, 6.07) is 0. The summed E-state index contributed by atoms with van der Waals surface area (Å²) in [5, 5.41) is 0. The minimum atomic E-state index is -0.276. The van der Waals surface area contributed by atoms with Crippen LogP contribution in [0.5, 0.6) is 11.5 Å². The number of carbonyl (C=O) groups is 1. The lowest BCUT2D eigenvalue weighted by Gasteiger charge is -2.38. The van der Waals surface area contributed by atoms with Crippen molar-refractivity contribution in [2.24, 2.45) is 0 Å². The van der Waals surface area contributed by atoms with Crippen LogP contribution >= 0.6 is 0 Å². The Labute approximate surface area is 146 Å². The van der Waals surface area contributed by atoms with Gasteiger partial charge in [0.15, 0.2) is 0 Å². The second-order valence-electron chi connectivity index (χ2n) is 7.47. The van der Waals surface area contributed by atoms with Crippen molar-refractivity contribution in [3.63, 3.8) is 0 Å². The first-order valence-corrected chi connectivity index (χ1v) is 8.79. The van der Waals surface area contributed by atoms with Gasteiger partial charge in [0, 0.05) is 12.5 Å². The van der Waals surface area contributed by atoms with E-state index in [2.05, 4.69) is 27.4 Å². The van der Waals surface area contributed by atoms with Gasteiger partial charge in [-0.2, -0.15) is 0 Å². The van der Waals surface area contributed by atoms with E-state index in [4.69, 9.17) is 9.47 Å². The summed E-state index contributed by atoms with van der Waals surface area (Å²) in [6.07, 6.45) is 5.12. The van der Waals surface area contributed by atoms with Crippen LogP contribution in [0.3, 0.4) is 0 Å². The van der Waals surface area contributed by atoms with Crippen LogP contribution in [-0.4, -0.2) is 11.6 Å². The standard InChI is InChI=1S/C21H30O3/c1-13(2)9-8-11-21(7)12-10-18-16(5)19(23-17(6)22)14(3)15(4)20(18)24-21/h1,8-12H2,2-7H3. The van der Waals surface area contributed by atoms with Crippen molar-refractivity contribution < 1.29 is 14.3 Å². The van der Waals surface area contributed by atoms with Crippen LogP contribution in [0.4, 0.5) is 0 Å². The highest BCUT2D eigenvalue weighted by atomic mass is 16.5. The molecule has 3 nitrogen and oxygen atoms in total. The van der Waals surface area contributed by atoms with Gasteiger partial charge in [-0.25, -0.2) is 0 Å². The van der Waals surface area contributed by atoms with E-state index in [0.717, 1.165) is 54.5 Å². The summed E-state index contributed by atoms with van der Waals surface area (Å²) < 4.78 is 11.9. The molecule has 0 saturated carbocycles. The van der Waals surface area contributed by atoms with Crippen LogP contribution in [0.25, 0.3) is 0 Å². The zero-order chi connectivity index (χ0) is 18.1. The molecule has 1 aliphatic heterocycles. The molecule has 0 N–H and O–H groups in total. The Balaban J connectivity index is 2.31. The van der Waals surface area contributed by atoms with Crippen LogP contribution in [0.1, 0.15) is 68.7 Å². The zero-order valence-electron chi connectivity index (χ0n) is 16.0. The number of hydrogen-bond acceptors (Lipinski definition) is 3. The lowest BCUT2D eigenvalue weighted by atomic mass is 9.84. The summed E-state index contributed by atoms with van der Waals surface area (Å²) in [5.41, 5.74) is 5.39. The molecular formula is C21H30O3. The third kappa shape index (κ3) is 3.82. The Hall–Kier alpha value is -1.77. The minimum absolute atomic E-state index is 0.130. The first-order valence-electron chi connectivity index (χ1n) is 8.79. The van der Waals surface area contributed by atoms with Crippen molar-refractivity contribution in [1.82, 2.24) is 0 Å². The molecule has 0 aliphatic carbocycles. The SMILES string of the molecule is C=C(C)CCCC1(C)CCc2c(C)c(OC(C)=O)c(C)c(C)c2O1. The maximum absolute atomic E-state index is 11.4. The highest BCUT2D eigenvalue weighted by Crippen LogP contribution is 2.44. The topological polar surface area (TPSA) is 35.5 Å². The van der Waals surface area contributed by atoms with Crippen LogP contribution in [-0.2, 0) is 11.2 Å². The lowest BCUT2D eigenvalue weighted by Crippen LogP contribution is -2.37. The molecule has 132 valence electrons. The van der Waals surface area contributed by atoms with Gasteiger partial charge >= 0.3 is 5.97 Å². The number of ether oxygens (including phenoxy) is 2. The number of allylic oxidation sites excluding steroid dienone is 1. The van der Waals surface area contributed by atoms with Crippen molar-refractivity contribution in [3.8, 4) is 11.5 Å². The molecule has 1 aromatic rings. The van der Waals surface area contributed by atoms with Gasteiger partial charge < -0.3 is 9.47 Å². The van der Waals surface area contributed by atoms with Crippen molar-refractivity contribution in [3.05, 3.63) is 34.4 Å². The molecule has 1 atom stereocenters. The Bertz CT molecular complexity index is 672. The van der Waals surface area contributed by atoms with Gasteiger partial charge in [-0.15, -0.1) is 6.58 Å². The molecule has 0 amide bonds. The van der Waals surface area contributed by atoms with Crippen molar-refractivity contribution in [2.45, 2.75) is 79.2 Å². The summed E-state index contributed by atoms with van der Waals surface area (Å²) in [7, 11) is 0. The van der Waals surface area contributed by atoms with Crippen LogP contribution in [0.2, 0.25) is 0 Å². The second-order valence-corrected chi connectivity index (χ2v) is 7.47. The summed E-state index contributed by atoms with van der Waals surface area (Å²) >= 11 is 0. The lowest BCUT2D eigenvalue weighted by molar-refractivity contribution is -0.132. The smallest absolute Gasteiger partial charge is 0.308 e. The average molecular weight is 330 g/mol. The quantitative estimate of drug-likeness (QED) is 0.414. The van der Waals surface area contributed by atoms with E-state index < -0.39 is 0 Å². The van der Waals surface area contributed by atoms with E-state index >= 15 is 0 Å². The Morgan fingerprint density at radius 1 is 1.21 bits per heavy atom. The fraction of sp³-hybridized carbons (Fsp3) is 0.571. The first-order chi connectivity index (χ1) is 11.1. The fourth-order valence-electron chi connectivity index (χ4n) is 3.52. The van der Waals surface area contributed by atoms with E-state index in [1.807, 2.05) is 13.8 Å². The molecular weight excluding hydrogens is 300 g/mol. The molecule has 1 unspecified atom stereocenters. The minimum Gasteiger partial charge on any atom is -0.487 e. The predicted molar refractivity (Wildman–Crippen MR) is 98.0 cm³/mol. The highest BCUT2D eigenvalue weighted by Gasteiger charge is 2.34. The van der Waals surface area contributed by atoms with Gasteiger partial charge in [0.25, 0.3) is 0 Å². The molecule has 0 saturated heterocycles. The third-order valence-electron chi connectivity index (χ3n) is 5.12. The number of esters is 1. The maximum Gasteiger partial charge on any atom is 0.308 e. The number of benzene rings is 1. The fourth-order valence-corrected chi connectivity index (χ4v) is 3.52. The molecule has 0 fully saturated rings. The number of hydrogen-bond donors (Lipinski definition) is 0. The van der Waals surface area contributed by atoms with Gasteiger partial charge in [-0.1, -0.05) is 5.57 Å². The van der Waals surface area contributed by atoms with Crippen molar-refractivity contribution in [1.29, 1.82) is 0 Å². The third-order valence-corrected chi connectivity index (χ3v) is 5.12. The van der Waals surface area contributed by atoms with Crippen LogP contribution < -0.4 is 9.47 Å². The molecule has 0 bridgehead atoms. The van der Waals surface area contributed by atoms with Gasteiger partial charge in [-0.05, 0) is 83.4 Å². The molecule has 24 heavy (non-hydrogen) atoms. The van der Waals surface area contributed by atoms with E-state index in [1.54, 1.807) is 0 Å². The largest absolute Gasteiger partial charge is 0.487 e. The van der Waals surface area contributed by atoms with Crippen LogP contribution in [0, 0.1) is 20.8 Å². The van der Waals surface area contributed by atoms with Crippen LogP contribution in [0.15, 0.2) is 12.2 Å². The Morgan fingerprint density at radius 3 is 2.46 bits per heavy atom. The number of fused-ring (bicyclic) bond motifs is 1. The van der Waals surface area contributed by atoms with E-state index in [-0.39, 0.29) is 11.6 Å². The van der Waals surface area contributed by atoms with E-state index in [0.29, 0.717) is 5.75 Å². The zero-order valence-corrected chi connectivity index (χ0v) is 16.0. The maximum atomic E-state index is 11.4. The molecule has 1 aliphatic rings. The molecule has 1 heterocycles. The number of rotatable bonds is 5. The molecule has 0 radical (unpaired) electrons. The van der Waals surface area contributed by atoms with Gasteiger partial charge in [0.05, 0.1) is 0 Å². The highest BCUT2D eigenvalue weighted by molar-refractivity contribution is 5.72. The summed E-state index contributed by atoms with van der Waals surface area (Å²) in [6.45, 7) is 15.8. The van der Waals surface area contributed by atoms with Gasteiger partial charge in [-0.3, -0.25) is 4.79 Å².